The Bertz CT molecular complexity index is 394. The second-order valence-electron chi connectivity index (χ2n) is 5.14. The zero-order valence-corrected chi connectivity index (χ0v) is 12.2. The number of benzene rings is 1. The lowest BCUT2D eigenvalue weighted by molar-refractivity contribution is 0.242. The van der Waals surface area contributed by atoms with E-state index < -0.39 is 0 Å². The molecule has 0 aliphatic carbocycles. The molecule has 0 radical (unpaired) electrons. The summed E-state index contributed by atoms with van der Waals surface area (Å²) >= 11 is 0. The van der Waals surface area contributed by atoms with E-state index in [2.05, 4.69) is 37.4 Å². The highest BCUT2D eigenvalue weighted by atomic mass is 16.5. The predicted octanol–water partition coefficient (Wildman–Crippen LogP) is 3.73. The van der Waals surface area contributed by atoms with Crippen LogP contribution >= 0.6 is 0 Å². The minimum absolute atomic E-state index is 0.214. The van der Waals surface area contributed by atoms with E-state index >= 15 is 0 Å². The summed E-state index contributed by atoms with van der Waals surface area (Å²) in [6.45, 7) is 9.45. The van der Waals surface area contributed by atoms with Crippen LogP contribution in [-0.2, 0) is 0 Å². The topological polar surface area (TPSA) is 21.3 Å². The first-order chi connectivity index (χ1) is 8.52. The zero-order chi connectivity index (χ0) is 13.5. The maximum atomic E-state index is 5.71. The Morgan fingerprint density at radius 1 is 1.28 bits per heavy atom. The number of nitrogens with one attached hydrogen (secondary N) is 1. The molecule has 0 amide bonds. The van der Waals surface area contributed by atoms with Crippen LogP contribution in [0.3, 0.4) is 0 Å². The highest BCUT2D eigenvalue weighted by molar-refractivity contribution is 5.55. The van der Waals surface area contributed by atoms with Crippen LogP contribution in [0.2, 0.25) is 0 Å². The van der Waals surface area contributed by atoms with Crippen molar-refractivity contribution in [2.24, 2.45) is 5.92 Å². The molecule has 1 aromatic carbocycles. The van der Waals surface area contributed by atoms with Gasteiger partial charge in [-0.05, 0) is 44.5 Å². The van der Waals surface area contributed by atoms with Gasteiger partial charge >= 0.3 is 0 Å². The van der Waals surface area contributed by atoms with Crippen LogP contribution in [0.5, 0.6) is 5.75 Å². The first-order valence-corrected chi connectivity index (χ1v) is 6.64. The van der Waals surface area contributed by atoms with Crippen LogP contribution in [0.1, 0.15) is 33.3 Å². The van der Waals surface area contributed by atoms with Crippen LogP contribution in [-0.4, -0.2) is 19.7 Å². The number of hydrogen-bond acceptors (Lipinski definition) is 2. The molecule has 1 rings (SSSR count). The fourth-order valence-electron chi connectivity index (χ4n) is 1.79. The highest BCUT2D eigenvalue weighted by Gasteiger charge is 2.03. The van der Waals surface area contributed by atoms with Crippen molar-refractivity contribution >= 4 is 6.08 Å². The lowest BCUT2D eigenvalue weighted by Crippen LogP contribution is -2.13. The standard InChI is InChI=1S/C16H25NO/c1-12(2)15(11-17-5)9-14-7-6-8-16(10-14)18-13(3)4/h6-10,12-13,17H,11H2,1-5H3. The maximum absolute atomic E-state index is 5.71. The molecule has 1 aromatic rings. The van der Waals surface area contributed by atoms with Crippen LogP contribution in [0.25, 0.3) is 6.08 Å². The van der Waals surface area contributed by atoms with Crippen LogP contribution < -0.4 is 10.1 Å². The smallest absolute Gasteiger partial charge is 0.120 e. The van der Waals surface area contributed by atoms with Crippen molar-refractivity contribution < 1.29 is 4.74 Å². The molecule has 18 heavy (non-hydrogen) atoms. The van der Waals surface area contributed by atoms with Gasteiger partial charge in [0.1, 0.15) is 5.75 Å². The minimum atomic E-state index is 0.214. The Morgan fingerprint density at radius 3 is 2.56 bits per heavy atom. The Kier molecular flexibility index (Phi) is 5.93. The lowest BCUT2D eigenvalue weighted by Gasteiger charge is -2.13. The molecule has 0 saturated carbocycles. The number of ether oxygens (including phenoxy) is 1. The molecular weight excluding hydrogens is 222 g/mol. The first-order valence-electron chi connectivity index (χ1n) is 6.64. The van der Waals surface area contributed by atoms with E-state index in [4.69, 9.17) is 4.74 Å². The number of rotatable bonds is 6. The van der Waals surface area contributed by atoms with Crippen molar-refractivity contribution in [1.82, 2.24) is 5.32 Å². The third-order valence-electron chi connectivity index (χ3n) is 2.70. The van der Waals surface area contributed by atoms with E-state index in [1.165, 1.54) is 11.1 Å². The van der Waals surface area contributed by atoms with E-state index in [9.17, 15) is 0 Å². The molecule has 100 valence electrons. The van der Waals surface area contributed by atoms with Crippen molar-refractivity contribution in [2.45, 2.75) is 33.8 Å². The second-order valence-corrected chi connectivity index (χ2v) is 5.14. The molecule has 0 saturated heterocycles. The molecule has 0 spiro atoms. The Hall–Kier alpha value is -1.28. The number of likely N-dealkylation sites (N-methyl/N-ethyl adjacent to an activating group) is 1. The van der Waals surface area contributed by atoms with Gasteiger partial charge in [0.25, 0.3) is 0 Å². The molecule has 2 nitrogen and oxygen atoms in total. The van der Waals surface area contributed by atoms with Crippen LogP contribution in [0, 0.1) is 5.92 Å². The summed E-state index contributed by atoms with van der Waals surface area (Å²) < 4.78 is 5.71. The molecule has 0 aromatic heterocycles. The lowest BCUT2D eigenvalue weighted by atomic mass is 10.0. The van der Waals surface area contributed by atoms with E-state index in [1.807, 2.05) is 33.0 Å². The molecule has 0 bridgehead atoms. The van der Waals surface area contributed by atoms with Crippen molar-refractivity contribution in [1.29, 1.82) is 0 Å². The molecule has 0 aliphatic rings. The van der Waals surface area contributed by atoms with Gasteiger partial charge in [0, 0.05) is 6.54 Å². The van der Waals surface area contributed by atoms with Crippen LogP contribution in [0.15, 0.2) is 29.8 Å². The normalized spacial score (nSPS) is 12.3. The summed E-state index contributed by atoms with van der Waals surface area (Å²) in [5, 5.41) is 3.22. The second kappa shape index (κ2) is 7.22. The van der Waals surface area contributed by atoms with Gasteiger partial charge in [0.05, 0.1) is 6.10 Å². The van der Waals surface area contributed by atoms with Gasteiger partial charge in [-0.3, -0.25) is 0 Å². The van der Waals surface area contributed by atoms with E-state index in [1.54, 1.807) is 0 Å². The summed E-state index contributed by atoms with van der Waals surface area (Å²) in [5.41, 5.74) is 2.60. The minimum Gasteiger partial charge on any atom is -0.491 e. The van der Waals surface area contributed by atoms with Crippen molar-refractivity contribution in [2.75, 3.05) is 13.6 Å². The summed E-state index contributed by atoms with van der Waals surface area (Å²) in [6.07, 6.45) is 2.46. The average Bonchev–Trinajstić information content (AvgIpc) is 2.28. The molecule has 2 heteroatoms. The summed E-state index contributed by atoms with van der Waals surface area (Å²) in [4.78, 5) is 0. The molecule has 1 N–H and O–H groups in total. The van der Waals surface area contributed by atoms with E-state index in [0.717, 1.165) is 12.3 Å². The number of hydrogen-bond donors (Lipinski definition) is 1. The quantitative estimate of drug-likeness (QED) is 0.827. The largest absolute Gasteiger partial charge is 0.491 e. The summed E-state index contributed by atoms with van der Waals surface area (Å²) in [6, 6.07) is 8.26. The fraction of sp³-hybridized carbons (Fsp3) is 0.500. The molecule has 0 atom stereocenters. The highest BCUT2D eigenvalue weighted by Crippen LogP contribution is 2.19. The summed E-state index contributed by atoms with van der Waals surface area (Å²) in [7, 11) is 1.98. The predicted molar refractivity (Wildman–Crippen MR) is 78.9 cm³/mol. The van der Waals surface area contributed by atoms with E-state index in [-0.39, 0.29) is 6.10 Å². The van der Waals surface area contributed by atoms with Gasteiger partial charge in [-0.1, -0.05) is 37.6 Å². The van der Waals surface area contributed by atoms with Crippen molar-refractivity contribution in [3.63, 3.8) is 0 Å². The average molecular weight is 247 g/mol. The Morgan fingerprint density at radius 2 is 2.00 bits per heavy atom. The van der Waals surface area contributed by atoms with Gasteiger partial charge in [-0.25, -0.2) is 0 Å². The van der Waals surface area contributed by atoms with Gasteiger partial charge in [-0.15, -0.1) is 0 Å². The monoisotopic (exact) mass is 247 g/mol. The SMILES string of the molecule is CNCC(=Cc1cccc(OC(C)C)c1)C(C)C. The van der Waals surface area contributed by atoms with Gasteiger partial charge in [0.15, 0.2) is 0 Å². The molecule has 0 unspecified atom stereocenters. The third kappa shape index (κ3) is 4.92. The maximum Gasteiger partial charge on any atom is 0.120 e. The third-order valence-corrected chi connectivity index (χ3v) is 2.70. The van der Waals surface area contributed by atoms with Gasteiger partial charge in [0.2, 0.25) is 0 Å². The summed E-state index contributed by atoms with van der Waals surface area (Å²) in [5.74, 6) is 1.48. The fourth-order valence-corrected chi connectivity index (χ4v) is 1.79. The Balaban J connectivity index is 2.91. The van der Waals surface area contributed by atoms with Crippen molar-refractivity contribution in [3.05, 3.63) is 35.4 Å². The van der Waals surface area contributed by atoms with Gasteiger partial charge < -0.3 is 10.1 Å². The molecule has 0 aliphatic heterocycles. The van der Waals surface area contributed by atoms with Crippen molar-refractivity contribution in [3.8, 4) is 5.75 Å². The first kappa shape index (κ1) is 14.8. The molecule has 0 heterocycles. The van der Waals surface area contributed by atoms with Crippen LogP contribution in [0.4, 0.5) is 0 Å². The molecular formula is C16H25NO. The Labute approximate surface area is 111 Å². The van der Waals surface area contributed by atoms with Gasteiger partial charge in [-0.2, -0.15) is 0 Å². The molecule has 0 fully saturated rings. The van der Waals surface area contributed by atoms with E-state index in [0.29, 0.717) is 5.92 Å². The zero-order valence-electron chi connectivity index (χ0n) is 12.2.